The Morgan fingerprint density at radius 2 is 1.77 bits per heavy atom. The summed E-state index contributed by atoms with van der Waals surface area (Å²) in [6.07, 6.45) is 1.65. The van der Waals surface area contributed by atoms with Crippen LogP contribution in [0.5, 0.6) is 0 Å². The minimum atomic E-state index is -0.237. The van der Waals surface area contributed by atoms with Gasteiger partial charge in [-0.3, -0.25) is 4.99 Å². The molecule has 0 saturated carbocycles. The minimum Gasteiger partial charge on any atom is -0.444 e. The molecule has 3 aromatic rings. The molecule has 166 valence electrons. The molecule has 6 nitrogen and oxygen atoms in total. The number of likely N-dealkylation sites (N-methyl/N-ethyl adjacent to an activating group) is 1. The zero-order chi connectivity index (χ0) is 21.5. The molecule has 31 heavy (non-hydrogen) atoms. The molecule has 0 aliphatic carbocycles. The number of rotatable bonds is 7. The maximum atomic E-state index is 13.2. The lowest BCUT2D eigenvalue weighted by molar-refractivity contribution is 0.298. The number of benzene rings is 2. The highest BCUT2D eigenvalue weighted by atomic mass is 127. The maximum Gasteiger partial charge on any atom is 0.226 e. The van der Waals surface area contributed by atoms with E-state index in [2.05, 4.69) is 25.5 Å². The quantitative estimate of drug-likeness (QED) is 0.266. The number of nitrogens with zero attached hydrogens (tertiary/aromatic N) is 3. The van der Waals surface area contributed by atoms with Crippen molar-refractivity contribution >= 4 is 29.9 Å². The molecule has 8 heteroatoms. The van der Waals surface area contributed by atoms with E-state index >= 15 is 0 Å². The fourth-order valence-electron chi connectivity index (χ4n) is 3.09. The van der Waals surface area contributed by atoms with Gasteiger partial charge < -0.3 is 20.0 Å². The molecular formula is C23H29FIN5O. The predicted octanol–water partition coefficient (Wildman–Crippen LogP) is 4.38. The summed E-state index contributed by atoms with van der Waals surface area (Å²) >= 11 is 0. The van der Waals surface area contributed by atoms with E-state index in [1.165, 1.54) is 17.7 Å². The molecule has 0 spiro atoms. The molecule has 0 saturated heterocycles. The Hall–Kier alpha value is -2.46. The van der Waals surface area contributed by atoms with Crippen LogP contribution in [0.2, 0.25) is 0 Å². The van der Waals surface area contributed by atoms with Crippen molar-refractivity contribution in [3.63, 3.8) is 0 Å². The van der Waals surface area contributed by atoms with Gasteiger partial charge in [-0.1, -0.05) is 29.8 Å². The molecule has 1 heterocycles. The van der Waals surface area contributed by atoms with Gasteiger partial charge in [0.1, 0.15) is 12.1 Å². The normalized spacial score (nSPS) is 12.4. The molecule has 0 aliphatic heterocycles. The highest BCUT2D eigenvalue weighted by Gasteiger charge is 2.15. The summed E-state index contributed by atoms with van der Waals surface area (Å²) in [7, 11) is 5.71. The summed E-state index contributed by atoms with van der Waals surface area (Å²) in [6.45, 7) is 3.15. The van der Waals surface area contributed by atoms with Crippen molar-refractivity contribution in [1.82, 2.24) is 20.5 Å². The molecule has 0 bridgehead atoms. The van der Waals surface area contributed by atoms with E-state index in [1.54, 1.807) is 25.4 Å². The first kappa shape index (κ1) is 24.8. The largest absolute Gasteiger partial charge is 0.444 e. The number of guanidine groups is 1. The summed E-state index contributed by atoms with van der Waals surface area (Å²) in [6, 6.07) is 14.7. The van der Waals surface area contributed by atoms with Gasteiger partial charge in [0.2, 0.25) is 5.89 Å². The van der Waals surface area contributed by atoms with Crippen LogP contribution in [0.4, 0.5) is 4.39 Å². The second kappa shape index (κ2) is 11.8. The van der Waals surface area contributed by atoms with Crippen LogP contribution in [-0.4, -0.2) is 43.5 Å². The number of aromatic nitrogens is 1. The van der Waals surface area contributed by atoms with Gasteiger partial charge in [0.05, 0.1) is 18.3 Å². The average molecular weight is 537 g/mol. The number of hydrogen-bond acceptors (Lipinski definition) is 4. The Morgan fingerprint density at radius 1 is 1.10 bits per heavy atom. The lowest BCUT2D eigenvalue weighted by Crippen LogP contribution is -2.41. The Morgan fingerprint density at radius 3 is 2.39 bits per heavy atom. The van der Waals surface area contributed by atoms with Crippen molar-refractivity contribution in [2.24, 2.45) is 4.99 Å². The lowest BCUT2D eigenvalue weighted by Gasteiger charge is -2.26. The summed E-state index contributed by atoms with van der Waals surface area (Å²) in [4.78, 5) is 10.9. The molecule has 0 fully saturated rings. The van der Waals surface area contributed by atoms with E-state index in [0.29, 0.717) is 24.9 Å². The Balaban J connectivity index is 0.00000341. The number of nitrogens with one attached hydrogen (secondary N) is 2. The van der Waals surface area contributed by atoms with Crippen LogP contribution in [0.3, 0.4) is 0 Å². The zero-order valence-corrected chi connectivity index (χ0v) is 20.6. The first-order chi connectivity index (χ1) is 14.5. The van der Waals surface area contributed by atoms with Gasteiger partial charge in [0.15, 0.2) is 5.96 Å². The molecule has 0 radical (unpaired) electrons. The van der Waals surface area contributed by atoms with Crippen molar-refractivity contribution in [2.75, 3.05) is 27.7 Å². The first-order valence-electron chi connectivity index (χ1n) is 9.84. The van der Waals surface area contributed by atoms with Gasteiger partial charge in [-0.15, -0.1) is 24.0 Å². The third-order valence-electron chi connectivity index (χ3n) is 4.85. The number of aryl methyl sites for hydroxylation is 1. The summed E-state index contributed by atoms with van der Waals surface area (Å²) < 4.78 is 18.8. The van der Waals surface area contributed by atoms with E-state index in [-0.39, 0.29) is 35.8 Å². The van der Waals surface area contributed by atoms with Crippen molar-refractivity contribution in [2.45, 2.75) is 19.5 Å². The fourth-order valence-corrected chi connectivity index (χ4v) is 3.09. The molecule has 0 aliphatic rings. The topological polar surface area (TPSA) is 65.7 Å². The SMILES string of the molecule is CN=C(NCc1coc(-c2ccc(C)cc2)n1)NCC(c1ccc(F)cc1)N(C)C.I. The van der Waals surface area contributed by atoms with Crippen LogP contribution in [0, 0.1) is 12.7 Å². The van der Waals surface area contributed by atoms with E-state index in [4.69, 9.17) is 4.42 Å². The summed E-state index contributed by atoms with van der Waals surface area (Å²) in [5.74, 6) is 1.02. The summed E-state index contributed by atoms with van der Waals surface area (Å²) in [5, 5.41) is 6.58. The highest BCUT2D eigenvalue weighted by molar-refractivity contribution is 14.0. The van der Waals surface area contributed by atoms with Crippen LogP contribution in [0.1, 0.15) is 22.9 Å². The molecule has 1 unspecified atom stereocenters. The standard InChI is InChI=1S/C23H28FN5O.HI/c1-16-5-7-18(8-6-16)22-28-20(15-30-22)13-26-23(25-2)27-14-21(29(3)4)17-9-11-19(24)12-10-17;/h5-12,15,21H,13-14H2,1-4H3,(H2,25,26,27);1H. The van der Waals surface area contributed by atoms with Crippen LogP contribution in [-0.2, 0) is 6.54 Å². The van der Waals surface area contributed by atoms with Gasteiger partial charge in [0.25, 0.3) is 0 Å². The van der Waals surface area contributed by atoms with Crippen molar-refractivity contribution in [1.29, 1.82) is 0 Å². The fraction of sp³-hybridized carbons (Fsp3) is 0.304. The maximum absolute atomic E-state index is 13.2. The molecule has 2 aromatic carbocycles. The number of oxazole rings is 1. The zero-order valence-electron chi connectivity index (χ0n) is 18.2. The Kier molecular flexibility index (Phi) is 9.44. The number of halogens is 2. The number of aliphatic imine (C=N–C) groups is 1. The van der Waals surface area contributed by atoms with Crippen LogP contribution in [0.15, 0.2) is 64.2 Å². The smallest absolute Gasteiger partial charge is 0.226 e. The number of hydrogen-bond donors (Lipinski definition) is 2. The molecular weight excluding hydrogens is 508 g/mol. The van der Waals surface area contributed by atoms with E-state index in [0.717, 1.165) is 16.8 Å². The van der Waals surface area contributed by atoms with E-state index < -0.39 is 0 Å². The Labute approximate surface area is 200 Å². The Bertz CT molecular complexity index is 970. The molecule has 2 N–H and O–H groups in total. The van der Waals surface area contributed by atoms with Gasteiger partial charge >= 0.3 is 0 Å². The first-order valence-corrected chi connectivity index (χ1v) is 9.84. The summed E-state index contributed by atoms with van der Waals surface area (Å²) in [5.41, 5.74) is 3.96. The average Bonchev–Trinajstić information content (AvgIpc) is 3.21. The second-order valence-corrected chi connectivity index (χ2v) is 7.35. The predicted molar refractivity (Wildman–Crippen MR) is 133 cm³/mol. The minimum absolute atomic E-state index is 0. The van der Waals surface area contributed by atoms with Crippen LogP contribution >= 0.6 is 24.0 Å². The van der Waals surface area contributed by atoms with Crippen molar-refractivity contribution in [3.05, 3.63) is 77.4 Å². The van der Waals surface area contributed by atoms with Gasteiger partial charge in [0, 0.05) is 19.2 Å². The van der Waals surface area contributed by atoms with E-state index in [9.17, 15) is 4.39 Å². The van der Waals surface area contributed by atoms with Gasteiger partial charge in [-0.25, -0.2) is 9.37 Å². The van der Waals surface area contributed by atoms with E-state index in [1.807, 2.05) is 45.3 Å². The third kappa shape index (κ3) is 7.03. The van der Waals surface area contributed by atoms with Crippen molar-refractivity contribution in [3.8, 4) is 11.5 Å². The van der Waals surface area contributed by atoms with Gasteiger partial charge in [-0.05, 0) is 50.8 Å². The molecule has 3 rings (SSSR count). The molecule has 1 atom stereocenters. The molecule has 1 aromatic heterocycles. The van der Waals surface area contributed by atoms with Crippen molar-refractivity contribution < 1.29 is 8.81 Å². The van der Waals surface area contributed by atoms with Gasteiger partial charge in [-0.2, -0.15) is 0 Å². The van der Waals surface area contributed by atoms with Crippen LogP contribution < -0.4 is 10.6 Å². The lowest BCUT2D eigenvalue weighted by atomic mass is 10.1. The third-order valence-corrected chi connectivity index (χ3v) is 4.85. The van der Waals surface area contributed by atoms with Crippen LogP contribution in [0.25, 0.3) is 11.5 Å². The second-order valence-electron chi connectivity index (χ2n) is 7.35. The monoisotopic (exact) mass is 537 g/mol. The highest BCUT2D eigenvalue weighted by Crippen LogP contribution is 2.19. The molecule has 0 amide bonds.